The van der Waals surface area contributed by atoms with E-state index < -0.39 is 11.7 Å². The van der Waals surface area contributed by atoms with Crippen LogP contribution in [0.1, 0.15) is 47.4 Å². The molecule has 0 atom stereocenters. The number of hydrogen-bond acceptors (Lipinski definition) is 4. The molecule has 9 heteroatoms. The Morgan fingerprint density at radius 1 is 1.19 bits per heavy atom. The highest BCUT2D eigenvalue weighted by atomic mass is 35.5. The summed E-state index contributed by atoms with van der Waals surface area (Å²) in [6.07, 6.45) is -0.629. The van der Waals surface area contributed by atoms with Gasteiger partial charge in [-0.25, -0.2) is 9.97 Å². The van der Waals surface area contributed by atoms with E-state index in [2.05, 4.69) is 20.6 Å². The predicted molar refractivity (Wildman–Crippen MR) is 96.2 cm³/mol. The van der Waals surface area contributed by atoms with Crippen LogP contribution in [0, 0.1) is 6.92 Å². The molecule has 1 fully saturated rings. The summed E-state index contributed by atoms with van der Waals surface area (Å²) in [7, 11) is 0. The summed E-state index contributed by atoms with van der Waals surface area (Å²) < 4.78 is 39.7. The third-order valence-electron chi connectivity index (χ3n) is 4.31. The number of aryl methyl sites for hydroxylation is 1. The molecule has 0 saturated heterocycles. The first-order valence-electron chi connectivity index (χ1n) is 8.53. The van der Waals surface area contributed by atoms with E-state index in [1.54, 1.807) is 6.92 Å². The number of carbonyl (C=O) groups excluding carboxylic acids is 1. The summed E-state index contributed by atoms with van der Waals surface area (Å²) >= 11 is 5.69. The zero-order valence-electron chi connectivity index (χ0n) is 14.5. The van der Waals surface area contributed by atoms with Crippen LogP contribution in [-0.2, 0) is 6.18 Å². The Morgan fingerprint density at radius 2 is 1.89 bits per heavy atom. The van der Waals surface area contributed by atoms with Gasteiger partial charge in [0.2, 0.25) is 5.95 Å². The Bertz CT molecular complexity index is 851. The first-order chi connectivity index (χ1) is 12.7. The molecule has 0 radical (unpaired) electrons. The van der Waals surface area contributed by atoms with Crippen LogP contribution < -0.4 is 10.6 Å². The minimum Gasteiger partial charge on any atom is -0.348 e. The average Bonchev–Trinajstić information content (AvgIpc) is 3.08. The van der Waals surface area contributed by atoms with Gasteiger partial charge in [-0.3, -0.25) is 4.79 Å². The maximum Gasteiger partial charge on any atom is 0.418 e. The van der Waals surface area contributed by atoms with Crippen LogP contribution in [0.15, 0.2) is 24.3 Å². The van der Waals surface area contributed by atoms with Gasteiger partial charge < -0.3 is 10.6 Å². The average molecular weight is 399 g/mol. The van der Waals surface area contributed by atoms with E-state index in [9.17, 15) is 18.0 Å². The van der Waals surface area contributed by atoms with E-state index in [4.69, 9.17) is 11.6 Å². The molecule has 0 unspecified atom stereocenters. The van der Waals surface area contributed by atoms with Crippen LogP contribution in [-0.4, -0.2) is 21.9 Å². The zero-order valence-corrected chi connectivity index (χ0v) is 15.3. The second-order valence-electron chi connectivity index (χ2n) is 6.49. The molecule has 1 saturated carbocycles. The lowest BCUT2D eigenvalue weighted by atomic mass is 10.1. The van der Waals surface area contributed by atoms with Crippen LogP contribution in [0.3, 0.4) is 0 Å². The Hall–Kier alpha value is -2.35. The molecule has 0 aliphatic heterocycles. The Kier molecular flexibility index (Phi) is 5.55. The molecule has 2 aromatic rings. The van der Waals surface area contributed by atoms with Crippen molar-refractivity contribution in [2.24, 2.45) is 0 Å². The van der Waals surface area contributed by atoms with Crippen molar-refractivity contribution in [2.75, 3.05) is 5.32 Å². The van der Waals surface area contributed by atoms with Crippen molar-refractivity contribution < 1.29 is 18.0 Å². The molecule has 2 N–H and O–H groups in total. The maximum absolute atomic E-state index is 13.2. The number of carbonyl (C=O) groups is 1. The number of rotatable bonds is 4. The summed E-state index contributed by atoms with van der Waals surface area (Å²) in [4.78, 5) is 20.6. The molecule has 1 aromatic heterocycles. The molecule has 1 aliphatic carbocycles. The largest absolute Gasteiger partial charge is 0.418 e. The summed E-state index contributed by atoms with van der Waals surface area (Å²) in [5.74, 6) is -0.443. The van der Waals surface area contributed by atoms with Crippen LogP contribution in [0.2, 0.25) is 5.02 Å². The van der Waals surface area contributed by atoms with Gasteiger partial charge in [0.25, 0.3) is 5.91 Å². The lowest BCUT2D eigenvalue weighted by Crippen LogP contribution is -2.33. The second kappa shape index (κ2) is 7.72. The number of aromatic nitrogens is 2. The Labute approximate surface area is 159 Å². The molecule has 0 spiro atoms. The first-order valence-corrected chi connectivity index (χ1v) is 8.90. The summed E-state index contributed by atoms with van der Waals surface area (Å²) in [5.41, 5.74) is -0.595. The van der Waals surface area contributed by atoms with Gasteiger partial charge in [-0.2, -0.15) is 13.2 Å². The first kappa shape index (κ1) is 19.4. The highest BCUT2D eigenvalue weighted by molar-refractivity contribution is 6.30. The standard InChI is InChI=1S/C18H18ClF3N4O/c1-10-8-15(16(27)24-12-4-2-3-5-12)26-17(23-10)25-14-7-6-11(19)9-13(14)18(20,21)22/h6-9,12H,2-5H2,1H3,(H,24,27)(H,23,25,26). The van der Waals surface area contributed by atoms with Crippen molar-refractivity contribution in [2.45, 2.75) is 44.8 Å². The smallest absolute Gasteiger partial charge is 0.348 e. The van der Waals surface area contributed by atoms with Crippen LogP contribution >= 0.6 is 11.6 Å². The van der Waals surface area contributed by atoms with Crippen molar-refractivity contribution in [3.05, 3.63) is 46.2 Å². The number of anilines is 2. The van der Waals surface area contributed by atoms with E-state index in [0.29, 0.717) is 5.69 Å². The van der Waals surface area contributed by atoms with Gasteiger partial charge in [0.15, 0.2) is 0 Å². The number of benzene rings is 1. The third-order valence-corrected chi connectivity index (χ3v) is 4.55. The number of alkyl halides is 3. The molecule has 1 aromatic carbocycles. The van der Waals surface area contributed by atoms with E-state index in [0.717, 1.165) is 31.7 Å². The van der Waals surface area contributed by atoms with Crippen LogP contribution in [0.25, 0.3) is 0 Å². The number of nitrogens with one attached hydrogen (secondary N) is 2. The Morgan fingerprint density at radius 3 is 2.56 bits per heavy atom. The lowest BCUT2D eigenvalue weighted by Gasteiger charge is -2.15. The summed E-state index contributed by atoms with van der Waals surface area (Å²) in [6.45, 7) is 1.64. The van der Waals surface area contributed by atoms with Gasteiger partial charge in [0.1, 0.15) is 5.69 Å². The number of amides is 1. The van der Waals surface area contributed by atoms with Crippen LogP contribution in [0.5, 0.6) is 0 Å². The lowest BCUT2D eigenvalue weighted by molar-refractivity contribution is -0.136. The van der Waals surface area contributed by atoms with E-state index >= 15 is 0 Å². The van der Waals surface area contributed by atoms with E-state index in [1.807, 2.05) is 0 Å². The monoisotopic (exact) mass is 398 g/mol. The third kappa shape index (κ3) is 4.88. The molecule has 27 heavy (non-hydrogen) atoms. The van der Waals surface area contributed by atoms with Crippen molar-refractivity contribution in [3.63, 3.8) is 0 Å². The number of hydrogen-bond donors (Lipinski definition) is 2. The zero-order chi connectivity index (χ0) is 19.6. The number of nitrogens with zero attached hydrogens (tertiary/aromatic N) is 2. The van der Waals surface area contributed by atoms with E-state index in [-0.39, 0.29) is 34.3 Å². The molecular formula is C18H18ClF3N4O. The fourth-order valence-corrected chi connectivity index (χ4v) is 3.22. The minimum atomic E-state index is -4.60. The molecule has 1 amide bonds. The molecule has 144 valence electrons. The van der Waals surface area contributed by atoms with Crippen molar-refractivity contribution >= 4 is 29.1 Å². The van der Waals surface area contributed by atoms with Crippen molar-refractivity contribution in [1.82, 2.24) is 15.3 Å². The molecule has 1 aliphatic rings. The second-order valence-corrected chi connectivity index (χ2v) is 6.92. The molecule has 3 rings (SSSR count). The summed E-state index contributed by atoms with van der Waals surface area (Å²) in [6, 6.07) is 4.98. The molecule has 0 bridgehead atoms. The summed E-state index contributed by atoms with van der Waals surface area (Å²) in [5, 5.41) is 5.42. The quantitative estimate of drug-likeness (QED) is 0.770. The van der Waals surface area contributed by atoms with Crippen molar-refractivity contribution in [3.8, 4) is 0 Å². The highest BCUT2D eigenvalue weighted by Gasteiger charge is 2.34. The topological polar surface area (TPSA) is 66.9 Å². The van der Waals surface area contributed by atoms with E-state index in [1.165, 1.54) is 18.2 Å². The maximum atomic E-state index is 13.2. The van der Waals surface area contributed by atoms with Gasteiger partial charge >= 0.3 is 6.18 Å². The molecule has 5 nitrogen and oxygen atoms in total. The van der Waals surface area contributed by atoms with Gasteiger partial charge in [-0.05, 0) is 44.0 Å². The molecular weight excluding hydrogens is 381 g/mol. The van der Waals surface area contributed by atoms with Crippen LogP contribution in [0.4, 0.5) is 24.8 Å². The minimum absolute atomic E-state index is 0.0327. The van der Waals surface area contributed by atoms with Gasteiger partial charge in [0.05, 0.1) is 11.3 Å². The predicted octanol–water partition coefficient (Wildman–Crippen LogP) is 4.87. The fourth-order valence-electron chi connectivity index (χ4n) is 3.05. The molecule has 1 heterocycles. The fraction of sp³-hybridized carbons (Fsp3) is 0.389. The highest BCUT2D eigenvalue weighted by Crippen LogP contribution is 2.37. The van der Waals surface area contributed by atoms with Gasteiger partial charge in [0, 0.05) is 16.8 Å². The normalized spacial score (nSPS) is 15.0. The SMILES string of the molecule is Cc1cc(C(=O)NC2CCCC2)nc(Nc2ccc(Cl)cc2C(F)(F)F)n1. The number of halogens is 4. The van der Waals surface area contributed by atoms with Gasteiger partial charge in [-0.1, -0.05) is 24.4 Å². The van der Waals surface area contributed by atoms with Crippen molar-refractivity contribution in [1.29, 1.82) is 0 Å². The van der Waals surface area contributed by atoms with Gasteiger partial charge in [-0.15, -0.1) is 0 Å². The Balaban J connectivity index is 1.86.